The molecule has 53 heavy (non-hydrogen) atoms. The molecule has 2 aromatic heterocycles. The Morgan fingerprint density at radius 3 is 2.57 bits per heavy atom. The number of anilines is 1. The van der Waals surface area contributed by atoms with E-state index in [-0.39, 0.29) is 55.5 Å². The van der Waals surface area contributed by atoms with Gasteiger partial charge in [-0.1, -0.05) is 29.3 Å². The number of allylic oxidation sites excluding steroid dienone is 2. The van der Waals surface area contributed by atoms with E-state index in [9.17, 15) is 24.3 Å². The second kappa shape index (κ2) is 12.6. The van der Waals surface area contributed by atoms with E-state index in [1.54, 1.807) is 49.6 Å². The van der Waals surface area contributed by atoms with Gasteiger partial charge in [-0.15, -0.1) is 11.3 Å². The highest BCUT2D eigenvalue weighted by Gasteiger charge is 2.68. The van der Waals surface area contributed by atoms with Gasteiger partial charge in [-0.25, -0.2) is 4.90 Å². The van der Waals surface area contributed by atoms with E-state index in [1.807, 2.05) is 31.2 Å². The number of ether oxygens (including phenoxy) is 1. The maximum absolute atomic E-state index is 15.0. The van der Waals surface area contributed by atoms with Gasteiger partial charge in [0.2, 0.25) is 23.6 Å². The van der Waals surface area contributed by atoms with Crippen molar-refractivity contribution in [1.29, 1.82) is 0 Å². The predicted octanol–water partition coefficient (Wildman–Crippen LogP) is 6.07. The number of likely N-dealkylation sites (tertiary alicyclic amines) is 1. The number of hydrogen-bond donors (Lipinski definition) is 2. The number of phenols is 1. The largest absolute Gasteiger partial charge is 0.504 e. The predicted molar refractivity (Wildman–Crippen MR) is 197 cm³/mol. The molecule has 14 heteroatoms. The number of aliphatic carboxylic acids is 1. The minimum Gasteiger partial charge on any atom is -0.504 e. The fraction of sp³-hybridized carbons (Fsp3) is 0.385. The second-order valence-corrected chi connectivity index (χ2v) is 16.1. The summed E-state index contributed by atoms with van der Waals surface area (Å²) in [6.07, 6.45) is 2.31. The molecule has 4 amide bonds. The van der Waals surface area contributed by atoms with Crippen LogP contribution in [0.5, 0.6) is 11.5 Å². The van der Waals surface area contributed by atoms with Crippen molar-refractivity contribution < 1.29 is 38.9 Å². The Morgan fingerprint density at radius 1 is 1.08 bits per heavy atom. The van der Waals surface area contributed by atoms with Crippen molar-refractivity contribution in [3.8, 4) is 22.1 Å². The average Bonchev–Trinajstić information content (AvgIpc) is 3.78. The SMILES string of the molecule is COc1ccc(C2C3=CCC4C(=O)N(CCCC(=O)O)C(=O)C4C3CC3C(=O)N(c4cc(-c5sc6ccc(Cl)cc6c5C)nn4C)C(=O)C32C)cc1O. The third kappa shape index (κ3) is 5.14. The molecule has 3 fully saturated rings. The first-order valence-corrected chi connectivity index (χ1v) is 18.7. The molecule has 2 aliphatic heterocycles. The topological polar surface area (TPSA) is 159 Å². The van der Waals surface area contributed by atoms with Gasteiger partial charge >= 0.3 is 5.97 Å². The fourth-order valence-electron chi connectivity index (χ4n) is 9.39. The molecule has 0 bridgehead atoms. The highest BCUT2D eigenvalue weighted by molar-refractivity contribution is 7.22. The van der Waals surface area contributed by atoms with Crippen LogP contribution >= 0.6 is 22.9 Å². The van der Waals surface area contributed by atoms with Crippen molar-refractivity contribution >= 4 is 68.4 Å². The number of imide groups is 2. The molecular weight excluding hydrogens is 720 g/mol. The molecule has 4 aliphatic rings. The number of carboxylic acids is 1. The molecule has 2 aromatic carbocycles. The van der Waals surface area contributed by atoms with Gasteiger partial charge in [-0.3, -0.25) is 33.6 Å². The molecule has 4 heterocycles. The Morgan fingerprint density at radius 2 is 1.85 bits per heavy atom. The van der Waals surface area contributed by atoms with Crippen LogP contribution in [0.15, 0.2) is 54.1 Å². The van der Waals surface area contributed by atoms with Crippen molar-refractivity contribution in [3.63, 3.8) is 0 Å². The summed E-state index contributed by atoms with van der Waals surface area (Å²) < 4.78 is 7.88. The molecule has 6 atom stereocenters. The molecule has 2 aliphatic carbocycles. The van der Waals surface area contributed by atoms with E-state index >= 15 is 4.79 Å². The Hall–Kier alpha value is -5.01. The summed E-state index contributed by atoms with van der Waals surface area (Å²) in [6, 6.07) is 12.4. The average molecular weight is 757 g/mol. The number of carbonyl (C=O) groups is 5. The van der Waals surface area contributed by atoms with Crippen LogP contribution in [0.2, 0.25) is 5.02 Å². The number of hydrogen-bond acceptors (Lipinski definition) is 9. The van der Waals surface area contributed by atoms with Gasteiger partial charge in [-0.2, -0.15) is 5.10 Å². The molecule has 2 saturated heterocycles. The first-order valence-electron chi connectivity index (χ1n) is 17.5. The summed E-state index contributed by atoms with van der Waals surface area (Å²) in [5, 5.41) is 26.5. The number of rotatable bonds is 8. The molecule has 1 saturated carbocycles. The Labute approximate surface area is 313 Å². The number of fused-ring (bicyclic) bond motifs is 5. The molecule has 6 unspecified atom stereocenters. The Balaban J connectivity index is 1.22. The van der Waals surface area contributed by atoms with Crippen LogP contribution < -0.4 is 9.64 Å². The third-order valence-corrected chi connectivity index (χ3v) is 13.4. The molecule has 8 rings (SSSR count). The summed E-state index contributed by atoms with van der Waals surface area (Å²) >= 11 is 7.84. The number of benzene rings is 2. The molecule has 12 nitrogen and oxygen atoms in total. The number of phenolic OH excluding ortho intramolecular Hbond substituents is 1. The normalized spacial score (nSPS) is 26.6. The van der Waals surface area contributed by atoms with Gasteiger partial charge in [0.15, 0.2) is 11.5 Å². The minimum atomic E-state index is -1.32. The van der Waals surface area contributed by atoms with Gasteiger partial charge in [-0.05, 0) is 85.9 Å². The summed E-state index contributed by atoms with van der Waals surface area (Å²) in [5.74, 6) is -5.74. The Kier molecular flexibility index (Phi) is 8.30. The number of nitrogens with zero attached hydrogens (tertiary/aromatic N) is 4. The smallest absolute Gasteiger partial charge is 0.303 e. The van der Waals surface area contributed by atoms with Crippen LogP contribution in [-0.2, 0) is 31.0 Å². The molecule has 2 N–H and O–H groups in total. The second-order valence-electron chi connectivity index (χ2n) is 14.6. The van der Waals surface area contributed by atoms with Gasteiger partial charge in [0.25, 0.3) is 0 Å². The lowest BCUT2D eigenvalue weighted by Gasteiger charge is -2.49. The molecule has 0 radical (unpaired) electrons. The fourth-order valence-corrected chi connectivity index (χ4v) is 10.7. The van der Waals surface area contributed by atoms with Crippen LogP contribution in [0, 0.1) is 36.0 Å². The third-order valence-electron chi connectivity index (χ3n) is 11.9. The van der Waals surface area contributed by atoms with Crippen LogP contribution in [0.3, 0.4) is 0 Å². The van der Waals surface area contributed by atoms with Crippen molar-refractivity contribution in [2.45, 2.75) is 45.4 Å². The lowest BCUT2D eigenvalue weighted by Crippen LogP contribution is -2.48. The van der Waals surface area contributed by atoms with E-state index in [0.717, 1.165) is 26.1 Å². The number of carboxylic acid groups (broad SMARTS) is 1. The standard InChI is InChI=1S/C39H37ClN4O8S/c1-18-23-15-20(40)8-12-29(23)53-34(18)26-17-30(42(3)41-26)44-36(49)25-16-24-21(9-10-22-32(24)37(50)43(35(22)48)13-5-6-31(46)47)33(39(25,2)38(44)51)19-7-11-28(52-4)27(45)14-19/h7-9,11-12,14-15,17,22,24-25,32-33,45H,5-6,10,13,16H2,1-4H3,(H,46,47). The minimum absolute atomic E-state index is 0.00369. The van der Waals surface area contributed by atoms with E-state index in [0.29, 0.717) is 22.1 Å². The number of thiophene rings is 1. The zero-order chi connectivity index (χ0) is 37.7. The number of halogens is 1. The zero-order valence-electron chi connectivity index (χ0n) is 29.5. The summed E-state index contributed by atoms with van der Waals surface area (Å²) in [6.45, 7) is 3.76. The summed E-state index contributed by atoms with van der Waals surface area (Å²) in [5.41, 5.74) is 1.61. The van der Waals surface area contributed by atoms with Crippen molar-refractivity contribution in [2.75, 3.05) is 18.6 Å². The molecule has 4 aromatic rings. The molecule has 274 valence electrons. The maximum Gasteiger partial charge on any atom is 0.303 e. The van der Waals surface area contributed by atoms with Crippen molar-refractivity contribution in [2.24, 2.45) is 36.1 Å². The monoisotopic (exact) mass is 756 g/mol. The van der Waals surface area contributed by atoms with E-state index < -0.39 is 52.8 Å². The van der Waals surface area contributed by atoms with Gasteiger partial charge in [0.1, 0.15) is 11.5 Å². The van der Waals surface area contributed by atoms with Crippen LogP contribution in [0.25, 0.3) is 20.7 Å². The first kappa shape index (κ1) is 35.0. The molecule has 0 spiro atoms. The lowest BCUT2D eigenvalue weighted by atomic mass is 9.51. The highest BCUT2D eigenvalue weighted by Crippen LogP contribution is 2.64. The maximum atomic E-state index is 15.0. The number of methoxy groups -OCH3 is 1. The number of aromatic hydroxyl groups is 1. The highest BCUT2D eigenvalue weighted by atomic mass is 35.5. The van der Waals surface area contributed by atoms with Crippen molar-refractivity contribution in [3.05, 3.63) is 70.3 Å². The summed E-state index contributed by atoms with van der Waals surface area (Å²) in [4.78, 5) is 71.9. The number of amides is 4. The van der Waals surface area contributed by atoms with E-state index in [2.05, 4.69) is 0 Å². The molecular formula is C39H37ClN4O8S. The quantitative estimate of drug-likeness (QED) is 0.161. The van der Waals surface area contributed by atoms with Crippen LogP contribution in [0.1, 0.15) is 49.7 Å². The first-order chi connectivity index (χ1) is 25.3. The summed E-state index contributed by atoms with van der Waals surface area (Å²) in [7, 11) is 3.13. The number of aromatic nitrogens is 2. The van der Waals surface area contributed by atoms with Gasteiger partial charge in [0, 0.05) is 41.7 Å². The zero-order valence-corrected chi connectivity index (χ0v) is 31.0. The lowest BCUT2D eigenvalue weighted by molar-refractivity contribution is -0.142. The van der Waals surface area contributed by atoms with E-state index in [1.165, 1.54) is 21.6 Å². The van der Waals surface area contributed by atoms with Crippen molar-refractivity contribution in [1.82, 2.24) is 14.7 Å². The number of carbonyl (C=O) groups excluding carboxylic acids is 4. The Bertz CT molecular complexity index is 2310. The van der Waals surface area contributed by atoms with Gasteiger partial charge < -0.3 is 14.9 Å². The van der Waals surface area contributed by atoms with Crippen LogP contribution in [-0.4, -0.2) is 68.1 Å². The van der Waals surface area contributed by atoms with Gasteiger partial charge in [0.05, 0.1) is 35.2 Å². The van der Waals surface area contributed by atoms with E-state index in [4.69, 9.17) is 26.5 Å². The van der Waals surface area contributed by atoms with Crippen LogP contribution in [0.4, 0.5) is 5.82 Å². The number of aryl methyl sites for hydroxylation is 2.